The van der Waals surface area contributed by atoms with E-state index >= 15 is 0 Å². The maximum Gasteiger partial charge on any atom is 0.329 e. The minimum Gasteiger partial charge on any atom is -0.497 e. The van der Waals surface area contributed by atoms with E-state index in [1.807, 2.05) is 68.4 Å². The number of urea groups is 1. The Morgan fingerprint density at radius 1 is 0.791 bits per heavy atom. The average molecular weight is 590 g/mol. The fourth-order valence-electron chi connectivity index (χ4n) is 4.27. The molecule has 0 aliphatic carbocycles. The highest BCUT2D eigenvalue weighted by atomic mass is 16.6. The monoisotopic (exact) mass is 589 g/mol. The molecule has 43 heavy (non-hydrogen) atoms. The highest BCUT2D eigenvalue weighted by Gasteiger charge is 2.30. The number of methoxy groups -OCH3 is 1. The van der Waals surface area contributed by atoms with Crippen LogP contribution in [0.25, 0.3) is 0 Å². The third-order valence-electron chi connectivity index (χ3n) is 6.28. The third kappa shape index (κ3) is 11.7. The number of carbonyl (C=O) groups excluding carboxylic acids is 3. The third-order valence-corrected chi connectivity index (χ3v) is 6.28. The number of benzene rings is 3. The van der Waals surface area contributed by atoms with Crippen molar-refractivity contribution < 1.29 is 28.6 Å². The first-order valence-corrected chi connectivity index (χ1v) is 14.4. The van der Waals surface area contributed by atoms with E-state index in [-0.39, 0.29) is 12.3 Å². The Hall–Kier alpha value is -4.53. The van der Waals surface area contributed by atoms with Gasteiger partial charge in [-0.25, -0.2) is 9.59 Å². The summed E-state index contributed by atoms with van der Waals surface area (Å²) >= 11 is 0. The summed E-state index contributed by atoms with van der Waals surface area (Å²) in [6, 6.07) is 21.7. The van der Waals surface area contributed by atoms with Gasteiger partial charge < -0.3 is 30.2 Å². The van der Waals surface area contributed by atoms with E-state index in [1.54, 1.807) is 45.0 Å². The summed E-state index contributed by atoms with van der Waals surface area (Å²) in [7, 11) is 1.54. The summed E-state index contributed by atoms with van der Waals surface area (Å²) in [6.45, 7) is 9.66. The van der Waals surface area contributed by atoms with Crippen molar-refractivity contribution in [3.8, 4) is 11.5 Å². The van der Waals surface area contributed by atoms with Gasteiger partial charge in [-0.05, 0) is 68.5 Å². The lowest BCUT2D eigenvalue weighted by Crippen LogP contribution is -2.54. The molecule has 3 amide bonds. The number of nitrogens with one attached hydrogen (secondary N) is 3. The van der Waals surface area contributed by atoms with Gasteiger partial charge in [-0.15, -0.1) is 0 Å². The molecule has 3 rings (SSSR count). The number of esters is 1. The summed E-state index contributed by atoms with van der Waals surface area (Å²) in [5, 5.41) is 8.32. The van der Waals surface area contributed by atoms with Crippen LogP contribution in [0, 0.1) is 5.92 Å². The van der Waals surface area contributed by atoms with Crippen molar-refractivity contribution >= 4 is 23.6 Å². The topological polar surface area (TPSA) is 115 Å². The van der Waals surface area contributed by atoms with Crippen LogP contribution in [-0.2, 0) is 27.4 Å². The fraction of sp³-hybridized carbons (Fsp3) is 0.382. The molecular weight excluding hydrogens is 546 g/mol. The molecule has 0 saturated heterocycles. The zero-order valence-electron chi connectivity index (χ0n) is 25.8. The Balaban J connectivity index is 1.70. The zero-order chi connectivity index (χ0) is 31.4. The van der Waals surface area contributed by atoms with Gasteiger partial charge in [-0.3, -0.25) is 4.79 Å². The Kier molecular flexibility index (Phi) is 12.0. The predicted octanol–water partition coefficient (Wildman–Crippen LogP) is 5.88. The number of ether oxygens (including phenoxy) is 3. The Morgan fingerprint density at radius 3 is 2.12 bits per heavy atom. The van der Waals surface area contributed by atoms with E-state index in [0.29, 0.717) is 30.2 Å². The van der Waals surface area contributed by atoms with E-state index in [2.05, 4.69) is 16.0 Å². The molecular formula is C34H43N3O6. The number of carbonyl (C=O) groups is 3. The quantitative estimate of drug-likeness (QED) is 0.215. The summed E-state index contributed by atoms with van der Waals surface area (Å²) in [6.07, 6.45) is 0.565. The van der Waals surface area contributed by atoms with Crippen molar-refractivity contribution in [2.45, 2.75) is 71.8 Å². The first-order chi connectivity index (χ1) is 20.4. The smallest absolute Gasteiger partial charge is 0.329 e. The fourth-order valence-corrected chi connectivity index (χ4v) is 4.27. The Labute approximate surface area is 254 Å². The zero-order valence-corrected chi connectivity index (χ0v) is 25.8. The molecule has 2 atom stereocenters. The largest absolute Gasteiger partial charge is 0.497 e. The molecule has 9 heteroatoms. The van der Waals surface area contributed by atoms with E-state index in [1.165, 1.54) is 7.11 Å². The van der Waals surface area contributed by atoms with Crippen molar-refractivity contribution in [1.82, 2.24) is 10.6 Å². The van der Waals surface area contributed by atoms with Gasteiger partial charge in [0.1, 0.15) is 35.8 Å². The van der Waals surface area contributed by atoms with Crippen LogP contribution in [0.5, 0.6) is 11.5 Å². The summed E-state index contributed by atoms with van der Waals surface area (Å²) < 4.78 is 16.7. The summed E-state index contributed by atoms with van der Waals surface area (Å²) in [5.74, 6) is 0.331. The van der Waals surface area contributed by atoms with Crippen LogP contribution in [0.2, 0.25) is 0 Å². The molecule has 0 spiro atoms. The van der Waals surface area contributed by atoms with E-state index < -0.39 is 35.6 Å². The Morgan fingerprint density at radius 2 is 1.49 bits per heavy atom. The molecule has 3 aromatic carbocycles. The molecule has 0 aliphatic rings. The molecule has 0 saturated carbocycles. The van der Waals surface area contributed by atoms with Gasteiger partial charge in [0.15, 0.2) is 0 Å². The van der Waals surface area contributed by atoms with Crippen LogP contribution in [-0.4, -0.2) is 42.7 Å². The van der Waals surface area contributed by atoms with Gasteiger partial charge in [0.2, 0.25) is 5.91 Å². The molecule has 9 nitrogen and oxygen atoms in total. The van der Waals surface area contributed by atoms with Crippen molar-refractivity contribution in [1.29, 1.82) is 0 Å². The van der Waals surface area contributed by atoms with Crippen molar-refractivity contribution in [3.05, 3.63) is 90.0 Å². The van der Waals surface area contributed by atoms with Crippen LogP contribution in [0.4, 0.5) is 10.5 Å². The second-order valence-corrected chi connectivity index (χ2v) is 11.7. The molecule has 0 radical (unpaired) electrons. The Bertz CT molecular complexity index is 1340. The molecule has 0 heterocycles. The first-order valence-electron chi connectivity index (χ1n) is 14.4. The van der Waals surface area contributed by atoms with Crippen LogP contribution >= 0.6 is 0 Å². The highest BCUT2D eigenvalue weighted by molar-refractivity contribution is 5.95. The second kappa shape index (κ2) is 15.6. The van der Waals surface area contributed by atoms with Gasteiger partial charge in [0.25, 0.3) is 0 Å². The van der Waals surface area contributed by atoms with Gasteiger partial charge in [0, 0.05) is 18.2 Å². The first kappa shape index (κ1) is 33.0. The summed E-state index contributed by atoms with van der Waals surface area (Å²) in [4.78, 5) is 39.6. The molecule has 3 aromatic rings. The van der Waals surface area contributed by atoms with Crippen LogP contribution in [0.3, 0.4) is 0 Å². The van der Waals surface area contributed by atoms with Crippen molar-refractivity contribution in [2.75, 3.05) is 12.4 Å². The van der Waals surface area contributed by atoms with Crippen molar-refractivity contribution in [2.24, 2.45) is 5.92 Å². The van der Waals surface area contributed by atoms with Gasteiger partial charge in [0.05, 0.1) is 7.11 Å². The number of hydrogen-bond acceptors (Lipinski definition) is 6. The molecule has 0 aromatic heterocycles. The minimum absolute atomic E-state index is 0.0938. The van der Waals surface area contributed by atoms with Crippen LogP contribution in [0.1, 0.15) is 52.2 Å². The lowest BCUT2D eigenvalue weighted by atomic mass is 10.0. The molecule has 0 unspecified atom stereocenters. The second-order valence-electron chi connectivity index (χ2n) is 11.7. The van der Waals surface area contributed by atoms with Gasteiger partial charge in [-0.1, -0.05) is 62.4 Å². The standard InChI is InChI=1S/C34H43N3O6/c1-23(2)19-29(37-33(40)35-26-13-10-14-28(21-26)41-6)31(38)36-30(32(39)43-34(3,4)5)20-24-15-17-27(18-16-24)42-22-25-11-8-7-9-12-25/h7-18,21,23,29-30H,19-20,22H2,1-6H3,(H,36,38)(H2,35,37,40)/t29-,30-/m0/s1. The normalized spacial score (nSPS) is 12.5. The van der Waals surface area contributed by atoms with Gasteiger partial charge in [-0.2, -0.15) is 0 Å². The minimum atomic E-state index is -0.972. The van der Waals surface area contributed by atoms with Crippen LogP contribution < -0.4 is 25.4 Å². The SMILES string of the molecule is COc1cccc(NC(=O)N[C@@H](CC(C)C)C(=O)N[C@@H](Cc2ccc(OCc3ccccc3)cc2)C(=O)OC(C)(C)C)c1. The number of anilines is 1. The van der Waals surface area contributed by atoms with E-state index in [9.17, 15) is 14.4 Å². The number of amides is 3. The lowest BCUT2D eigenvalue weighted by Gasteiger charge is -2.27. The van der Waals surface area contributed by atoms with E-state index in [4.69, 9.17) is 14.2 Å². The average Bonchev–Trinajstić information content (AvgIpc) is 2.95. The molecule has 3 N–H and O–H groups in total. The molecule has 230 valence electrons. The maximum absolute atomic E-state index is 13.5. The van der Waals surface area contributed by atoms with Crippen LogP contribution in [0.15, 0.2) is 78.9 Å². The van der Waals surface area contributed by atoms with E-state index in [0.717, 1.165) is 11.1 Å². The maximum atomic E-state index is 13.5. The molecule has 0 fully saturated rings. The molecule has 0 aliphatic heterocycles. The summed E-state index contributed by atoms with van der Waals surface area (Å²) in [5.41, 5.74) is 1.64. The molecule has 0 bridgehead atoms. The van der Waals surface area contributed by atoms with Crippen molar-refractivity contribution in [3.63, 3.8) is 0 Å². The van der Waals surface area contributed by atoms with Gasteiger partial charge >= 0.3 is 12.0 Å². The highest BCUT2D eigenvalue weighted by Crippen LogP contribution is 2.19. The lowest BCUT2D eigenvalue weighted by molar-refractivity contribution is -0.158. The number of rotatable bonds is 13. The predicted molar refractivity (Wildman–Crippen MR) is 167 cm³/mol. The number of hydrogen-bond donors (Lipinski definition) is 3.